The molecule has 4 nitrogen and oxygen atoms in total. The van der Waals surface area contributed by atoms with Crippen LogP contribution in [0.5, 0.6) is 0 Å². The zero-order chi connectivity index (χ0) is 12.0. The predicted octanol–water partition coefficient (Wildman–Crippen LogP) is 0.709. The molecular formula is C12H26N2O2. The predicted molar refractivity (Wildman–Crippen MR) is 65.5 cm³/mol. The van der Waals surface area contributed by atoms with Crippen molar-refractivity contribution in [1.29, 1.82) is 0 Å². The summed E-state index contributed by atoms with van der Waals surface area (Å²) in [6.45, 7) is 3.24. The largest absolute Gasteiger partial charge is 0.385 e. The van der Waals surface area contributed by atoms with Crippen LogP contribution in [0.2, 0.25) is 0 Å². The maximum atomic E-state index is 5.99. The molecule has 1 unspecified atom stereocenters. The molecule has 0 saturated heterocycles. The highest BCUT2D eigenvalue weighted by atomic mass is 16.5. The summed E-state index contributed by atoms with van der Waals surface area (Å²) in [4.78, 5) is 2.37. The van der Waals surface area contributed by atoms with Crippen LogP contribution in [-0.2, 0) is 9.47 Å². The Morgan fingerprint density at radius 2 is 2.00 bits per heavy atom. The fourth-order valence-corrected chi connectivity index (χ4v) is 2.46. The molecule has 0 aromatic carbocycles. The molecule has 1 rings (SSSR count). The molecule has 1 aliphatic rings. The van der Waals surface area contributed by atoms with Crippen molar-refractivity contribution in [1.82, 2.24) is 4.90 Å². The summed E-state index contributed by atoms with van der Waals surface area (Å²) in [7, 11) is 5.65. The normalized spacial score (nSPS) is 20.1. The molecule has 0 spiro atoms. The van der Waals surface area contributed by atoms with E-state index in [4.69, 9.17) is 15.2 Å². The Morgan fingerprint density at radius 1 is 1.31 bits per heavy atom. The van der Waals surface area contributed by atoms with Gasteiger partial charge in [0.05, 0.1) is 12.1 Å². The van der Waals surface area contributed by atoms with Crippen molar-refractivity contribution in [2.45, 2.75) is 24.8 Å². The van der Waals surface area contributed by atoms with Crippen molar-refractivity contribution < 1.29 is 9.47 Å². The number of hydrogen-bond donors (Lipinski definition) is 1. The highest BCUT2D eigenvalue weighted by Gasteiger charge is 2.46. The topological polar surface area (TPSA) is 47.7 Å². The summed E-state index contributed by atoms with van der Waals surface area (Å²) in [6, 6.07) is 0. The van der Waals surface area contributed by atoms with Gasteiger partial charge in [-0.1, -0.05) is 0 Å². The first-order chi connectivity index (χ1) is 7.71. The van der Waals surface area contributed by atoms with E-state index in [2.05, 4.69) is 11.9 Å². The van der Waals surface area contributed by atoms with E-state index in [1.54, 1.807) is 14.2 Å². The second-order valence-corrected chi connectivity index (χ2v) is 4.78. The average Bonchev–Trinajstić information content (AvgIpc) is 3.10. The van der Waals surface area contributed by atoms with Gasteiger partial charge in [0, 0.05) is 33.9 Å². The molecule has 0 radical (unpaired) electrons. The molecule has 0 amide bonds. The minimum atomic E-state index is 0.0441. The fourth-order valence-electron chi connectivity index (χ4n) is 2.46. The van der Waals surface area contributed by atoms with Crippen LogP contribution in [-0.4, -0.2) is 58.0 Å². The summed E-state index contributed by atoms with van der Waals surface area (Å²) in [5, 5.41) is 0. The molecule has 1 aliphatic carbocycles. The standard InChI is InChI=1S/C12H26N2O2/c1-14(7-4-8-15-2)12(9-13,10-16-3)11-5-6-11/h11H,4-10,13H2,1-3H3. The van der Waals surface area contributed by atoms with Crippen LogP contribution in [0.25, 0.3) is 0 Å². The third-order valence-corrected chi connectivity index (χ3v) is 3.69. The molecule has 0 heterocycles. The molecule has 16 heavy (non-hydrogen) atoms. The number of rotatable bonds is 9. The van der Waals surface area contributed by atoms with Gasteiger partial charge in [-0.15, -0.1) is 0 Å². The van der Waals surface area contributed by atoms with Gasteiger partial charge in [-0.3, -0.25) is 4.90 Å². The van der Waals surface area contributed by atoms with Crippen LogP contribution in [0, 0.1) is 5.92 Å². The van der Waals surface area contributed by atoms with Crippen LogP contribution in [0.3, 0.4) is 0 Å². The molecule has 0 bridgehead atoms. The zero-order valence-electron chi connectivity index (χ0n) is 10.9. The van der Waals surface area contributed by atoms with Crippen molar-refractivity contribution in [2.24, 2.45) is 11.7 Å². The minimum Gasteiger partial charge on any atom is -0.385 e. The van der Waals surface area contributed by atoms with Gasteiger partial charge in [-0.25, -0.2) is 0 Å². The van der Waals surface area contributed by atoms with Crippen molar-refractivity contribution in [2.75, 3.05) is 47.6 Å². The highest BCUT2D eigenvalue weighted by molar-refractivity contribution is 5.02. The first-order valence-electron chi connectivity index (χ1n) is 6.10. The Hall–Kier alpha value is -0.160. The van der Waals surface area contributed by atoms with Crippen LogP contribution in [0.15, 0.2) is 0 Å². The van der Waals surface area contributed by atoms with E-state index >= 15 is 0 Å². The zero-order valence-corrected chi connectivity index (χ0v) is 10.9. The Kier molecular flexibility index (Phi) is 5.69. The summed E-state index contributed by atoms with van der Waals surface area (Å²) in [6.07, 6.45) is 3.62. The average molecular weight is 230 g/mol. The van der Waals surface area contributed by atoms with Gasteiger partial charge < -0.3 is 15.2 Å². The Bertz CT molecular complexity index is 197. The van der Waals surface area contributed by atoms with Gasteiger partial charge in [0.1, 0.15) is 0 Å². The van der Waals surface area contributed by atoms with E-state index in [0.29, 0.717) is 12.5 Å². The maximum absolute atomic E-state index is 5.99. The Labute approximate surface area is 99.1 Å². The number of ether oxygens (including phenoxy) is 2. The lowest BCUT2D eigenvalue weighted by molar-refractivity contribution is 0.0112. The van der Waals surface area contributed by atoms with Crippen LogP contribution in [0.4, 0.5) is 0 Å². The van der Waals surface area contributed by atoms with Gasteiger partial charge in [0.15, 0.2) is 0 Å². The fraction of sp³-hybridized carbons (Fsp3) is 1.00. The molecule has 1 atom stereocenters. The molecule has 1 saturated carbocycles. The third-order valence-electron chi connectivity index (χ3n) is 3.69. The van der Waals surface area contributed by atoms with Crippen molar-refractivity contribution >= 4 is 0 Å². The number of nitrogens with zero attached hydrogens (tertiary/aromatic N) is 1. The first-order valence-corrected chi connectivity index (χ1v) is 6.10. The summed E-state index contributed by atoms with van der Waals surface area (Å²) in [5.74, 6) is 0.713. The second-order valence-electron chi connectivity index (χ2n) is 4.78. The lowest BCUT2D eigenvalue weighted by atomic mass is 9.92. The van der Waals surface area contributed by atoms with E-state index in [1.165, 1.54) is 12.8 Å². The maximum Gasteiger partial charge on any atom is 0.0661 e. The van der Waals surface area contributed by atoms with Gasteiger partial charge in [0.25, 0.3) is 0 Å². The monoisotopic (exact) mass is 230 g/mol. The summed E-state index contributed by atoms with van der Waals surface area (Å²) < 4.78 is 10.5. The van der Waals surface area contributed by atoms with E-state index in [9.17, 15) is 0 Å². The summed E-state index contributed by atoms with van der Waals surface area (Å²) >= 11 is 0. The third kappa shape index (κ3) is 3.17. The van der Waals surface area contributed by atoms with Gasteiger partial charge in [-0.2, -0.15) is 0 Å². The Morgan fingerprint density at radius 3 is 2.44 bits per heavy atom. The molecule has 2 N–H and O–H groups in total. The highest BCUT2D eigenvalue weighted by Crippen LogP contribution is 2.42. The van der Waals surface area contributed by atoms with E-state index < -0.39 is 0 Å². The van der Waals surface area contributed by atoms with E-state index in [1.807, 2.05) is 0 Å². The molecule has 4 heteroatoms. The lowest BCUT2D eigenvalue weighted by Gasteiger charge is -2.41. The van der Waals surface area contributed by atoms with Gasteiger partial charge >= 0.3 is 0 Å². The number of methoxy groups -OCH3 is 2. The summed E-state index contributed by atoms with van der Waals surface area (Å²) in [5.41, 5.74) is 6.03. The number of nitrogens with two attached hydrogens (primary N) is 1. The second kappa shape index (κ2) is 6.55. The van der Waals surface area contributed by atoms with Crippen molar-refractivity contribution in [3.05, 3.63) is 0 Å². The SMILES string of the molecule is COCCCN(C)C(CN)(COC)C1CC1. The lowest BCUT2D eigenvalue weighted by Crippen LogP contribution is -2.57. The molecule has 0 aromatic heterocycles. The smallest absolute Gasteiger partial charge is 0.0661 e. The van der Waals surface area contributed by atoms with E-state index in [0.717, 1.165) is 26.2 Å². The van der Waals surface area contributed by atoms with Crippen molar-refractivity contribution in [3.63, 3.8) is 0 Å². The minimum absolute atomic E-state index is 0.0441. The first kappa shape index (κ1) is 13.9. The molecule has 1 fully saturated rings. The Balaban J connectivity index is 2.52. The molecule has 0 aromatic rings. The molecular weight excluding hydrogens is 204 g/mol. The van der Waals surface area contributed by atoms with Crippen molar-refractivity contribution in [3.8, 4) is 0 Å². The molecule has 96 valence electrons. The van der Waals surface area contributed by atoms with Gasteiger partial charge in [-0.05, 0) is 32.2 Å². The molecule has 0 aliphatic heterocycles. The van der Waals surface area contributed by atoms with E-state index in [-0.39, 0.29) is 5.54 Å². The number of hydrogen-bond acceptors (Lipinski definition) is 4. The number of likely N-dealkylation sites (N-methyl/N-ethyl adjacent to an activating group) is 1. The quantitative estimate of drug-likeness (QED) is 0.593. The van der Waals surface area contributed by atoms with Crippen LogP contribution < -0.4 is 5.73 Å². The van der Waals surface area contributed by atoms with Crippen LogP contribution in [0.1, 0.15) is 19.3 Å². The van der Waals surface area contributed by atoms with Gasteiger partial charge in [0.2, 0.25) is 0 Å². The van der Waals surface area contributed by atoms with Crippen LogP contribution >= 0.6 is 0 Å².